The standard InChI is InChI=1S/C19H20N4O4/c24-16(22-7-3-4-8-22)11-13-12-27-10-9-23(13)19(26)17-20-15-6-2-1-5-14(15)18(25)21-17/h1-6,13H,7-12H2,(H,20,21,25)/t13-/m0/s1. The molecule has 1 saturated heterocycles. The number of nitrogens with one attached hydrogen (secondary N) is 1. The molecule has 2 aromatic rings. The second-order valence-corrected chi connectivity index (χ2v) is 6.63. The SMILES string of the molecule is O=C(C[C@H]1COCCN1C(=O)c1nc2ccccc2c(=O)[nH]1)N1CC=CC1. The summed E-state index contributed by atoms with van der Waals surface area (Å²) < 4.78 is 5.48. The van der Waals surface area contributed by atoms with Gasteiger partial charge >= 0.3 is 0 Å². The van der Waals surface area contributed by atoms with Crippen LogP contribution in [0.15, 0.2) is 41.2 Å². The predicted octanol–water partition coefficient (Wildman–Crippen LogP) is 0.553. The topological polar surface area (TPSA) is 95.6 Å². The minimum absolute atomic E-state index is 0.0131. The average molecular weight is 368 g/mol. The number of ether oxygens (including phenoxy) is 1. The first-order chi connectivity index (χ1) is 13.1. The van der Waals surface area contributed by atoms with E-state index in [-0.39, 0.29) is 36.4 Å². The molecule has 0 bridgehead atoms. The molecule has 8 nitrogen and oxygen atoms in total. The number of carbonyl (C=O) groups is 2. The number of aromatic nitrogens is 2. The zero-order valence-corrected chi connectivity index (χ0v) is 14.8. The number of morpholine rings is 1. The lowest BCUT2D eigenvalue weighted by Crippen LogP contribution is -2.51. The molecule has 3 heterocycles. The highest BCUT2D eigenvalue weighted by Gasteiger charge is 2.32. The fraction of sp³-hybridized carbons (Fsp3) is 0.368. The lowest BCUT2D eigenvalue weighted by atomic mass is 10.1. The molecular weight excluding hydrogens is 348 g/mol. The van der Waals surface area contributed by atoms with Gasteiger partial charge in [-0.15, -0.1) is 0 Å². The molecule has 2 aliphatic rings. The van der Waals surface area contributed by atoms with Crippen LogP contribution in [-0.4, -0.2) is 70.5 Å². The van der Waals surface area contributed by atoms with Gasteiger partial charge in [0.1, 0.15) is 0 Å². The molecule has 27 heavy (non-hydrogen) atoms. The second-order valence-electron chi connectivity index (χ2n) is 6.63. The highest BCUT2D eigenvalue weighted by Crippen LogP contribution is 2.16. The number of aromatic amines is 1. The van der Waals surface area contributed by atoms with Crippen molar-refractivity contribution < 1.29 is 14.3 Å². The highest BCUT2D eigenvalue weighted by atomic mass is 16.5. The van der Waals surface area contributed by atoms with Gasteiger partial charge in [-0.3, -0.25) is 14.4 Å². The van der Waals surface area contributed by atoms with Gasteiger partial charge in [-0.1, -0.05) is 24.3 Å². The number of carbonyl (C=O) groups excluding carboxylic acids is 2. The van der Waals surface area contributed by atoms with Crippen LogP contribution in [-0.2, 0) is 9.53 Å². The Hall–Kier alpha value is -3.00. The van der Waals surface area contributed by atoms with Gasteiger partial charge in [-0.25, -0.2) is 4.98 Å². The third-order valence-electron chi connectivity index (χ3n) is 4.89. The van der Waals surface area contributed by atoms with Crippen molar-refractivity contribution in [1.82, 2.24) is 19.8 Å². The lowest BCUT2D eigenvalue weighted by Gasteiger charge is -2.35. The number of H-pyrrole nitrogens is 1. The van der Waals surface area contributed by atoms with Crippen LogP contribution in [0.1, 0.15) is 17.0 Å². The van der Waals surface area contributed by atoms with Crippen LogP contribution in [0.4, 0.5) is 0 Å². The molecular formula is C19H20N4O4. The molecule has 1 aromatic heterocycles. The molecule has 8 heteroatoms. The summed E-state index contributed by atoms with van der Waals surface area (Å²) >= 11 is 0. The van der Waals surface area contributed by atoms with E-state index >= 15 is 0 Å². The van der Waals surface area contributed by atoms with Gasteiger partial charge in [-0.05, 0) is 12.1 Å². The zero-order chi connectivity index (χ0) is 18.8. The van der Waals surface area contributed by atoms with Gasteiger partial charge in [-0.2, -0.15) is 0 Å². The predicted molar refractivity (Wildman–Crippen MR) is 98.3 cm³/mol. The van der Waals surface area contributed by atoms with Crippen molar-refractivity contribution >= 4 is 22.7 Å². The van der Waals surface area contributed by atoms with Crippen molar-refractivity contribution in [2.24, 2.45) is 0 Å². The molecule has 0 radical (unpaired) electrons. The maximum Gasteiger partial charge on any atom is 0.290 e. The molecule has 0 saturated carbocycles. The molecule has 2 aliphatic heterocycles. The Kier molecular flexibility index (Phi) is 4.72. The monoisotopic (exact) mass is 368 g/mol. The quantitative estimate of drug-likeness (QED) is 0.799. The fourth-order valence-corrected chi connectivity index (χ4v) is 3.43. The van der Waals surface area contributed by atoms with E-state index in [0.29, 0.717) is 37.1 Å². The number of hydrogen-bond donors (Lipinski definition) is 1. The van der Waals surface area contributed by atoms with Crippen LogP contribution in [0.3, 0.4) is 0 Å². The molecule has 0 spiro atoms. The largest absolute Gasteiger partial charge is 0.377 e. The maximum atomic E-state index is 13.0. The number of fused-ring (bicyclic) bond motifs is 1. The first kappa shape index (κ1) is 17.4. The van der Waals surface area contributed by atoms with Crippen molar-refractivity contribution in [1.29, 1.82) is 0 Å². The molecule has 1 aromatic carbocycles. The summed E-state index contributed by atoms with van der Waals surface area (Å²) in [5.74, 6) is -0.423. The van der Waals surface area contributed by atoms with E-state index in [2.05, 4.69) is 9.97 Å². The van der Waals surface area contributed by atoms with E-state index in [1.165, 1.54) is 0 Å². The van der Waals surface area contributed by atoms with E-state index in [1.54, 1.807) is 34.1 Å². The third-order valence-corrected chi connectivity index (χ3v) is 4.89. The number of para-hydroxylation sites is 1. The number of nitrogens with zero attached hydrogens (tertiary/aromatic N) is 3. The fourth-order valence-electron chi connectivity index (χ4n) is 3.43. The van der Waals surface area contributed by atoms with Gasteiger partial charge in [0.05, 0.1) is 30.2 Å². The van der Waals surface area contributed by atoms with E-state index in [0.717, 1.165) is 0 Å². The Bertz CT molecular complexity index is 960. The maximum absolute atomic E-state index is 13.0. The van der Waals surface area contributed by atoms with Crippen molar-refractivity contribution in [3.63, 3.8) is 0 Å². The summed E-state index contributed by atoms with van der Waals surface area (Å²) in [5.41, 5.74) is 0.113. The summed E-state index contributed by atoms with van der Waals surface area (Å²) in [6.07, 6.45) is 4.08. The Labute approximate surface area is 155 Å². The molecule has 140 valence electrons. The van der Waals surface area contributed by atoms with E-state index in [4.69, 9.17) is 4.74 Å². The highest BCUT2D eigenvalue weighted by molar-refractivity contribution is 5.93. The van der Waals surface area contributed by atoms with Crippen molar-refractivity contribution in [3.05, 3.63) is 52.6 Å². The Morgan fingerprint density at radius 3 is 2.81 bits per heavy atom. The Morgan fingerprint density at radius 1 is 1.22 bits per heavy atom. The number of rotatable bonds is 3. The first-order valence-corrected chi connectivity index (χ1v) is 8.94. The lowest BCUT2D eigenvalue weighted by molar-refractivity contribution is -0.132. The Morgan fingerprint density at radius 2 is 2.00 bits per heavy atom. The van der Waals surface area contributed by atoms with Crippen molar-refractivity contribution in [3.8, 4) is 0 Å². The van der Waals surface area contributed by atoms with Crippen LogP contribution >= 0.6 is 0 Å². The van der Waals surface area contributed by atoms with E-state index in [9.17, 15) is 14.4 Å². The summed E-state index contributed by atoms with van der Waals surface area (Å²) in [4.78, 5) is 47.9. The van der Waals surface area contributed by atoms with Crippen LogP contribution in [0, 0.1) is 0 Å². The van der Waals surface area contributed by atoms with Gasteiger partial charge < -0.3 is 19.5 Å². The first-order valence-electron chi connectivity index (χ1n) is 8.94. The molecule has 0 aliphatic carbocycles. The van der Waals surface area contributed by atoms with Gasteiger partial charge in [0.2, 0.25) is 5.91 Å². The average Bonchev–Trinajstić information content (AvgIpc) is 3.23. The normalized spacial score (nSPS) is 19.6. The van der Waals surface area contributed by atoms with Crippen LogP contribution in [0.5, 0.6) is 0 Å². The van der Waals surface area contributed by atoms with Crippen molar-refractivity contribution in [2.75, 3.05) is 32.8 Å². The smallest absolute Gasteiger partial charge is 0.290 e. The molecule has 0 unspecified atom stereocenters. The minimum atomic E-state index is -0.390. The molecule has 1 atom stereocenters. The second kappa shape index (κ2) is 7.32. The van der Waals surface area contributed by atoms with Gasteiger partial charge in [0.15, 0.2) is 5.82 Å². The van der Waals surface area contributed by atoms with Crippen LogP contribution in [0.25, 0.3) is 10.9 Å². The van der Waals surface area contributed by atoms with E-state index < -0.39 is 5.91 Å². The van der Waals surface area contributed by atoms with Crippen molar-refractivity contribution in [2.45, 2.75) is 12.5 Å². The van der Waals surface area contributed by atoms with Crippen LogP contribution in [0.2, 0.25) is 0 Å². The van der Waals surface area contributed by atoms with Gasteiger partial charge in [0, 0.05) is 26.1 Å². The zero-order valence-electron chi connectivity index (χ0n) is 14.8. The number of amides is 2. The van der Waals surface area contributed by atoms with Gasteiger partial charge in [0.25, 0.3) is 11.5 Å². The summed E-state index contributed by atoms with van der Waals surface area (Å²) in [6, 6.07) is 6.50. The summed E-state index contributed by atoms with van der Waals surface area (Å²) in [5, 5.41) is 0.435. The third kappa shape index (κ3) is 3.48. The molecule has 4 rings (SSSR count). The Balaban J connectivity index is 1.57. The minimum Gasteiger partial charge on any atom is -0.377 e. The molecule has 1 fully saturated rings. The molecule has 1 N–H and O–H groups in total. The summed E-state index contributed by atoms with van der Waals surface area (Å²) in [6.45, 7) is 2.22. The van der Waals surface area contributed by atoms with E-state index in [1.807, 2.05) is 12.2 Å². The van der Waals surface area contributed by atoms with Crippen LogP contribution < -0.4 is 5.56 Å². The number of hydrogen-bond acceptors (Lipinski definition) is 5. The molecule has 2 amide bonds. The number of benzene rings is 1. The summed E-state index contributed by atoms with van der Waals surface area (Å²) in [7, 11) is 0.